The van der Waals surface area contributed by atoms with Crippen LogP contribution in [0.25, 0.3) is 11.3 Å². The third kappa shape index (κ3) is 6.46. The number of thioether (sulfide) groups is 1. The number of nitrogens with zero attached hydrogens (tertiary/aromatic N) is 4. The summed E-state index contributed by atoms with van der Waals surface area (Å²) in [5.74, 6) is 2.58. The van der Waals surface area contributed by atoms with Crippen molar-refractivity contribution in [2.45, 2.75) is 25.4 Å². The van der Waals surface area contributed by atoms with E-state index in [2.05, 4.69) is 40.4 Å². The van der Waals surface area contributed by atoms with Crippen LogP contribution in [0.1, 0.15) is 31.4 Å². The normalized spacial score (nSPS) is 11.0. The molecular weight excluding hydrogens is 442 g/mol. The lowest BCUT2D eigenvalue weighted by Crippen LogP contribution is -2.04. The first-order chi connectivity index (χ1) is 15.5. The minimum Gasteiger partial charge on any atom is -0.497 e. The number of hydrogen-bond acceptors (Lipinski definition) is 7. The number of halogens is 1. The smallest absolute Gasteiger partial charge is 0.190 e. The van der Waals surface area contributed by atoms with Gasteiger partial charge in [-0.2, -0.15) is 10.4 Å². The van der Waals surface area contributed by atoms with E-state index in [1.165, 1.54) is 0 Å². The highest BCUT2D eigenvalue weighted by atomic mass is 35.5. The molecule has 0 aliphatic carbocycles. The quantitative estimate of drug-likeness (QED) is 0.174. The van der Waals surface area contributed by atoms with Gasteiger partial charge in [-0.1, -0.05) is 49.3 Å². The second-order valence-corrected chi connectivity index (χ2v) is 8.87. The lowest BCUT2D eigenvalue weighted by atomic mass is 10.1. The van der Waals surface area contributed by atoms with E-state index >= 15 is 0 Å². The van der Waals surface area contributed by atoms with Crippen LogP contribution in [0.3, 0.4) is 0 Å². The molecule has 0 bridgehead atoms. The van der Waals surface area contributed by atoms with E-state index in [4.69, 9.17) is 16.3 Å². The SMILES string of the molecule is COc1ccc(-c2nc(SCCC(C)C)nc(N/N=C\c3ccc(Cl)cc3)c2C#N)cc1. The standard InChI is InChI=1S/C24H24ClN5OS/c1-16(2)12-13-32-24-28-22(18-6-10-20(31-3)11-7-18)21(14-26)23(29-24)30-27-15-17-4-8-19(25)9-5-17/h4-11,15-16H,12-13H2,1-3H3,(H,28,29,30)/b27-15-. The van der Waals surface area contributed by atoms with Gasteiger partial charge >= 0.3 is 0 Å². The molecule has 3 aromatic rings. The number of rotatable bonds is 9. The van der Waals surface area contributed by atoms with Crippen molar-refractivity contribution in [2.75, 3.05) is 18.3 Å². The molecule has 1 heterocycles. The fraction of sp³-hybridized carbons (Fsp3) is 0.250. The molecule has 0 saturated heterocycles. The van der Waals surface area contributed by atoms with E-state index in [-0.39, 0.29) is 0 Å². The van der Waals surface area contributed by atoms with Gasteiger partial charge in [-0.05, 0) is 54.3 Å². The average Bonchev–Trinajstić information content (AvgIpc) is 2.80. The van der Waals surface area contributed by atoms with Crippen LogP contribution in [0.4, 0.5) is 5.82 Å². The maximum Gasteiger partial charge on any atom is 0.190 e. The minimum absolute atomic E-state index is 0.330. The van der Waals surface area contributed by atoms with Crippen LogP contribution in [0.5, 0.6) is 5.75 Å². The number of ether oxygens (including phenoxy) is 1. The van der Waals surface area contributed by atoms with Crippen LogP contribution in [-0.2, 0) is 0 Å². The van der Waals surface area contributed by atoms with Crippen molar-refractivity contribution in [3.05, 3.63) is 64.7 Å². The second kappa shape index (κ2) is 11.5. The predicted octanol–water partition coefficient (Wildman–Crippen LogP) is 6.26. The zero-order valence-electron chi connectivity index (χ0n) is 18.2. The van der Waals surface area contributed by atoms with Gasteiger partial charge in [0.15, 0.2) is 11.0 Å². The van der Waals surface area contributed by atoms with E-state index < -0.39 is 0 Å². The molecule has 8 heteroatoms. The van der Waals surface area contributed by atoms with Crippen molar-refractivity contribution in [1.82, 2.24) is 9.97 Å². The lowest BCUT2D eigenvalue weighted by molar-refractivity contribution is 0.415. The van der Waals surface area contributed by atoms with Gasteiger partial charge in [-0.25, -0.2) is 9.97 Å². The predicted molar refractivity (Wildman–Crippen MR) is 132 cm³/mol. The number of nitriles is 1. The Bertz CT molecular complexity index is 1110. The van der Waals surface area contributed by atoms with Crippen LogP contribution >= 0.6 is 23.4 Å². The van der Waals surface area contributed by atoms with Crippen LogP contribution < -0.4 is 10.2 Å². The molecule has 1 aromatic heterocycles. The monoisotopic (exact) mass is 465 g/mol. The molecule has 3 rings (SSSR count). The molecule has 164 valence electrons. The Morgan fingerprint density at radius 1 is 1.16 bits per heavy atom. The number of methoxy groups -OCH3 is 1. The Morgan fingerprint density at radius 3 is 2.50 bits per heavy atom. The van der Waals surface area contributed by atoms with Gasteiger partial charge in [-0.3, -0.25) is 5.43 Å². The van der Waals surface area contributed by atoms with Crippen LogP contribution in [0.2, 0.25) is 5.02 Å². The van der Waals surface area contributed by atoms with Gasteiger partial charge < -0.3 is 4.74 Å². The van der Waals surface area contributed by atoms with Crippen LogP contribution in [-0.4, -0.2) is 29.0 Å². The number of hydrogen-bond donors (Lipinski definition) is 1. The summed E-state index contributed by atoms with van der Waals surface area (Å²) < 4.78 is 5.25. The summed E-state index contributed by atoms with van der Waals surface area (Å²) in [6, 6.07) is 17.0. The van der Waals surface area contributed by atoms with Gasteiger partial charge in [0, 0.05) is 16.3 Å². The molecule has 0 atom stereocenters. The first-order valence-corrected chi connectivity index (χ1v) is 11.5. The topological polar surface area (TPSA) is 83.2 Å². The Morgan fingerprint density at radius 2 is 1.88 bits per heavy atom. The molecule has 0 fully saturated rings. The molecule has 0 saturated carbocycles. The zero-order chi connectivity index (χ0) is 22.9. The molecule has 32 heavy (non-hydrogen) atoms. The fourth-order valence-electron chi connectivity index (χ4n) is 2.75. The van der Waals surface area contributed by atoms with E-state index in [0.29, 0.717) is 33.2 Å². The number of hydrazone groups is 1. The van der Waals surface area contributed by atoms with Crippen molar-refractivity contribution >= 4 is 35.4 Å². The summed E-state index contributed by atoms with van der Waals surface area (Å²) in [5, 5.41) is 15.4. The summed E-state index contributed by atoms with van der Waals surface area (Å²) in [6.07, 6.45) is 2.70. The van der Waals surface area contributed by atoms with Crippen molar-refractivity contribution in [1.29, 1.82) is 5.26 Å². The second-order valence-electron chi connectivity index (χ2n) is 7.37. The number of aromatic nitrogens is 2. The van der Waals surface area contributed by atoms with Gasteiger partial charge in [0.25, 0.3) is 0 Å². The largest absolute Gasteiger partial charge is 0.497 e. The Balaban J connectivity index is 1.95. The first-order valence-electron chi connectivity index (χ1n) is 10.1. The summed E-state index contributed by atoms with van der Waals surface area (Å²) in [5.41, 5.74) is 5.49. The number of anilines is 1. The van der Waals surface area contributed by atoms with Gasteiger partial charge in [-0.15, -0.1) is 0 Å². The average molecular weight is 466 g/mol. The van der Waals surface area contributed by atoms with Crippen LogP contribution in [0.15, 0.2) is 58.8 Å². The third-order valence-corrected chi connectivity index (χ3v) is 5.68. The number of benzene rings is 2. The highest BCUT2D eigenvalue weighted by molar-refractivity contribution is 7.99. The third-order valence-electron chi connectivity index (χ3n) is 4.54. The first kappa shape index (κ1) is 23.6. The Kier molecular flexibility index (Phi) is 8.48. The Labute approximate surface area is 197 Å². The molecule has 0 amide bonds. The van der Waals surface area contributed by atoms with Crippen LogP contribution in [0, 0.1) is 17.2 Å². The van der Waals surface area contributed by atoms with E-state index in [0.717, 1.165) is 29.1 Å². The Hall–Kier alpha value is -3.08. The molecule has 0 unspecified atom stereocenters. The van der Waals surface area contributed by atoms with Gasteiger partial charge in [0.05, 0.1) is 19.0 Å². The molecular formula is C24H24ClN5OS. The summed E-state index contributed by atoms with van der Waals surface area (Å²) in [4.78, 5) is 9.25. The highest BCUT2D eigenvalue weighted by Crippen LogP contribution is 2.30. The molecule has 0 aliphatic heterocycles. The zero-order valence-corrected chi connectivity index (χ0v) is 19.7. The minimum atomic E-state index is 0.330. The lowest BCUT2D eigenvalue weighted by Gasteiger charge is -2.11. The van der Waals surface area contributed by atoms with Crippen molar-refractivity contribution in [2.24, 2.45) is 11.0 Å². The molecule has 0 spiro atoms. The van der Waals surface area contributed by atoms with Crippen molar-refractivity contribution in [3.8, 4) is 23.1 Å². The van der Waals surface area contributed by atoms with Crippen molar-refractivity contribution < 1.29 is 4.74 Å². The summed E-state index contributed by atoms with van der Waals surface area (Å²) >= 11 is 7.50. The maximum absolute atomic E-state index is 9.88. The summed E-state index contributed by atoms with van der Waals surface area (Å²) in [7, 11) is 1.62. The fourth-order valence-corrected chi connectivity index (χ4v) is 3.96. The molecule has 6 nitrogen and oxygen atoms in total. The molecule has 0 radical (unpaired) electrons. The maximum atomic E-state index is 9.88. The molecule has 1 N–H and O–H groups in total. The van der Waals surface area contributed by atoms with E-state index in [1.807, 2.05) is 36.4 Å². The van der Waals surface area contributed by atoms with E-state index in [9.17, 15) is 5.26 Å². The number of nitrogens with one attached hydrogen (secondary N) is 1. The van der Waals surface area contributed by atoms with Gasteiger partial charge in [0.2, 0.25) is 0 Å². The van der Waals surface area contributed by atoms with Crippen molar-refractivity contribution in [3.63, 3.8) is 0 Å². The molecule has 0 aliphatic rings. The van der Waals surface area contributed by atoms with Gasteiger partial charge in [0.1, 0.15) is 17.4 Å². The summed E-state index contributed by atoms with van der Waals surface area (Å²) in [6.45, 7) is 4.36. The van der Waals surface area contributed by atoms with E-state index in [1.54, 1.807) is 37.2 Å². The molecule has 2 aromatic carbocycles. The highest BCUT2D eigenvalue weighted by Gasteiger charge is 2.16.